The van der Waals surface area contributed by atoms with Gasteiger partial charge >= 0.3 is 0 Å². The van der Waals surface area contributed by atoms with E-state index in [-0.39, 0.29) is 0 Å². The molecule has 1 aliphatic rings. The van der Waals surface area contributed by atoms with Crippen molar-refractivity contribution in [2.45, 2.75) is 39.7 Å². The van der Waals surface area contributed by atoms with E-state index in [1.54, 1.807) is 11.3 Å². The minimum atomic E-state index is 0.312. The first-order valence-corrected chi connectivity index (χ1v) is 8.02. The van der Waals surface area contributed by atoms with Gasteiger partial charge in [0.25, 0.3) is 0 Å². The van der Waals surface area contributed by atoms with Crippen LogP contribution >= 0.6 is 11.3 Å². The molecule has 2 aromatic heterocycles. The van der Waals surface area contributed by atoms with Gasteiger partial charge < -0.3 is 9.88 Å². The lowest BCUT2D eigenvalue weighted by Gasteiger charge is -2.34. The maximum atomic E-state index is 4.88. The normalized spacial score (nSPS) is 20.9. The number of rotatable bonds is 3. The summed E-state index contributed by atoms with van der Waals surface area (Å²) in [6.45, 7) is 7.83. The van der Waals surface area contributed by atoms with Crippen molar-refractivity contribution < 1.29 is 0 Å². The smallest absolute Gasteiger partial charge is 0.168 e. The highest BCUT2D eigenvalue weighted by Gasteiger charge is 2.35. The van der Waals surface area contributed by atoms with Crippen molar-refractivity contribution >= 4 is 11.3 Å². The summed E-state index contributed by atoms with van der Waals surface area (Å²) in [7, 11) is 2.02. The summed E-state index contributed by atoms with van der Waals surface area (Å²) < 4.78 is 2.04. The van der Waals surface area contributed by atoms with Crippen LogP contribution in [-0.2, 0) is 13.5 Å². The van der Waals surface area contributed by atoms with Crippen LogP contribution in [0.2, 0.25) is 0 Å². The minimum absolute atomic E-state index is 0.312. The van der Waals surface area contributed by atoms with Gasteiger partial charge in [0.15, 0.2) is 10.8 Å². The molecule has 0 saturated heterocycles. The van der Waals surface area contributed by atoms with Crippen LogP contribution in [0, 0.1) is 5.41 Å². The molecule has 0 radical (unpaired) electrons. The summed E-state index contributed by atoms with van der Waals surface area (Å²) in [5, 5.41) is 4.66. The third kappa shape index (κ3) is 2.40. The molecular formula is C15H22N4S. The first-order valence-electron chi connectivity index (χ1n) is 7.21. The molecule has 0 saturated carbocycles. The molecule has 2 heterocycles. The summed E-state index contributed by atoms with van der Waals surface area (Å²) in [5.74, 6) is 0.970. The van der Waals surface area contributed by atoms with Gasteiger partial charge in [-0.15, -0.1) is 11.3 Å². The maximum Gasteiger partial charge on any atom is 0.168 e. The van der Waals surface area contributed by atoms with E-state index in [4.69, 9.17) is 4.98 Å². The first kappa shape index (κ1) is 13.8. The maximum absolute atomic E-state index is 4.88. The molecule has 5 heteroatoms. The van der Waals surface area contributed by atoms with Crippen molar-refractivity contribution in [1.82, 2.24) is 19.9 Å². The van der Waals surface area contributed by atoms with E-state index in [9.17, 15) is 0 Å². The van der Waals surface area contributed by atoms with E-state index in [1.807, 2.05) is 24.0 Å². The number of nitrogens with one attached hydrogen (secondary N) is 1. The van der Waals surface area contributed by atoms with Crippen LogP contribution in [0.3, 0.4) is 0 Å². The first-order chi connectivity index (χ1) is 9.50. The van der Waals surface area contributed by atoms with Crippen molar-refractivity contribution in [3.8, 4) is 10.8 Å². The predicted octanol–water partition coefficient (Wildman–Crippen LogP) is 3.17. The number of fused-ring (bicyclic) bond motifs is 1. The quantitative estimate of drug-likeness (QED) is 0.944. The molecule has 1 aliphatic carbocycles. The Bertz CT molecular complexity index is 611. The Hall–Kier alpha value is -1.20. The standard InChI is InChI=1S/C15H22N4S/c1-5-16-10-8-15(2,3)9-11-12(10)20-14(18-11)13-17-6-7-19(13)4/h6-7,10,16H,5,8-9H2,1-4H3. The molecular weight excluding hydrogens is 268 g/mol. The van der Waals surface area contributed by atoms with Crippen LogP contribution in [0.15, 0.2) is 12.4 Å². The monoisotopic (exact) mass is 290 g/mol. The van der Waals surface area contributed by atoms with Crippen molar-refractivity contribution in [2.75, 3.05) is 6.54 Å². The van der Waals surface area contributed by atoms with Crippen molar-refractivity contribution in [1.29, 1.82) is 0 Å². The van der Waals surface area contributed by atoms with Crippen LogP contribution in [0.25, 0.3) is 10.8 Å². The SMILES string of the molecule is CCNC1CC(C)(C)Cc2nc(-c3nccn3C)sc21. The third-order valence-electron chi connectivity index (χ3n) is 3.91. The summed E-state index contributed by atoms with van der Waals surface area (Å²) in [6, 6.07) is 0.435. The highest BCUT2D eigenvalue weighted by atomic mass is 32.1. The Morgan fingerprint density at radius 2 is 2.30 bits per heavy atom. The number of hydrogen-bond acceptors (Lipinski definition) is 4. The fourth-order valence-corrected chi connectivity index (χ4v) is 4.21. The van der Waals surface area contributed by atoms with E-state index in [0.29, 0.717) is 11.5 Å². The Balaban J connectivity index is 2.02. The van der Waals surface area contributed by atoms with Crippen LogP contribution in [0.4, 0.5) is 0 Å². The van der Waals surface area contributed by atoms with Crippen LogP contribution in [0.1, 0.15) is 43.8 Å². The van der Waals surface area contributed by atoms with Crippen molar-refractivity contribution in [3.05, 3.63) is 23.0 Å². The molecule has 1 unspecified atom stereocenters. The van der Waals surface area contributed by atoms with Gasteiger partial charge in [-0.1, -0.05) is 20.8 Å². The average molecular weight is 290 g/mol. The Kier molecular flexibility index (Phi) is 3.42. The number of nitrogens with zero attached hydrogens (tertiary/aromatic N) is 3. The third-order valence-corrected chi connectivity index (χ3v) is 5.12. The lowest BCUT2D eigenvalue weighted by molar-refractivity contribution is 0.260. The van der Waals surface area contributed by atoms with Gasteiger partial charge in [-0.05, 0) is 24.8 Å². The molecule has 20 heavy (non-hydrogen) atoms. The Labute approximate surface area is 124 Å². The van der Waals surface area contributed by atoms with Gasteiger partial charge in [0.05, 0.1) is 5.69 Å². The van der Waals surface area contributed by atoms with Gasteiger partial charge in [-0.3, -0.25) is 0 Å². The van der Waals surface area contributed by atoms with E-state index in [2.05, 4.69) is 31.1 Å². The molecule has 0 aromatic carbocycles. The van der Waals surface area contributed by atoms with Gasteiger partial charge in [0, 0.05) is 30.4 Å². The molecule has 1 N–H and O–H groups in total. The van der Waals surface area contributed by atoms with E-state index in [0.717, 1.165) is 23.8 Å². The fourth-order valence-electron chi connectivity index (χ4n) is 3.01. The molecule has 4 nitrogen and oxygen atoms in total. The van der Waals surface area contributed by atoms with Gasteiger partial charge in [-0.25, -0.2) is 9.97 Å². The van der Waals surface area contributed by atoms with Crippen LogP contribution < -0.4 is 5.32 Å². The van der Waals surface area contributed by atoms with Gasteiger partial charge in [-0.2, -0.15) is 0 Å². The Morgan fingerprint density at radius 3 is 2.95 bits per heavy atom. The predicted molar refractivity (Wildman–Crippen MR) is 82.8 cm³/mol. The number of aryl methyl sites for hydroxylation is 1. The number of aromatic nitrogens is 3. The zero-order valence-electron chi connectivity index (χ0n) is 12.6. The van der Waals surface area contributed by atoms with Crippen LogP contribution in [0.5, 0.6) is 0 Å². The number of hydrogen-bond donors (Lipinski definition) is 1. The minimum Gasteiger partial charge on any atom is -0.332 e. The molecule has 0 amide bonds. The zero-order valence-corrected chi connectivity index (χ0v) is 13.4. The molecule has 1 atom stereocenters. The second-order valence-electron chi connectivity index (χ2n) is 6.35. The highest BCUT2D eigenvalue weighted by molar-refractivity contribution is 7.15. The zero-order chi connectivity index (χ0) is 14.3. The van der Waals surface area contributed by atoms with E-state index >= 15 is 0 Å². The molecule has 0 bridgehead atoms. The second kappa shape index (κ2) is 4.97. The van der Waals surface area contributed by atoms with E-state index in [1.165, 1.54) is 17.0 Å². The highest BCUT2D eigenvalue weighted by Crippen LogP contribution is 2.44. The van der Waals surface area contributed by atoms with Crippen molar-refractivity contribution in [3.63, 3.8) is 0 Å². The summed E-state index contributed by atoms with van der Waals surface area (Å²) in [5.41, 5.74) is 1.57. The summed E-state index contributed by atoms with van der Waals surface area (Å²) >= 11 is 1.80. The fraction of sp³-hybridized carbons (Fsp3) is 0.600. The average Bonchev–Trinajstić information content (AvgIpc) is 2.93. The van der Waals surface area contributed by atoms with Crippen LogP contribution in [-0.4, -0.2) is 21.1 Å². The lowest BCUT2D eigenvalue weighted by Crippen LogP contribution is -2.32. The Morgan fingerprint density at radius 1 is 1.50 bits per heavy atom. The summed E-state index contributed by atoms with van der Waals surface area (Å²) in [4.78, 5) is 10.7. The topological polar surface area (TPSA) is 42.7 Å². The molecule has 0 spiro atoms. The lowest BCUT2D eigenvalue weighted by atomic mass is 9.76. The molecule has 0 aliphatic heterocycles. The molecule has 2 aromatic rings. The van der Waals surface area contributed by atoms with Crippen molar-refractivity contribution in [2.24, 2.45) is 12.5 Å². The largest absolute Gasteiger partial charge is 0.332 e. The number of imidazole rings is 1. The number of thiazole rings is 1. The molecule has 108 valence electrons. The molecule has 0 fully saturated rings. The van der Waals surface area contributed by atoms with Gasteiger partial charge in [0.2, 0.25) is 0 Å². The molecule has 3 rings (SSSR count). The van der Waals surface area contributed by atoms with E-state index < -0.39 is 0 Å². The van der Waals surface area contributed by atoms with Gasteiger partial charge in [0.1, 0.15) is 0 Å². The second-order valence-corrected chi connectivity index (χ2v) is 7.38. The summed E-state index contributed by atoms with van der Waals surface area (Å²) in [6.07, 6.45) is 6.05.